The lowest BCUT2D eigenvalue weighted by molar-refractivity contribution is -0.126. The number of aryl methyl sites for hydroxylation is 1. The van der Waals surface area contributed by atoms with E-state index in [4.69, 9.17) is 0 Å². The van der Waals surface area contributed by atoms with Gasteiger partial charge in [0.1, 0.15) is 11.6 Å². The maximum Gasteiger partial charge on any atom is 0.223 e. The summed E-state index contributed by atoms with van der Waals surface area (Å²) < 4.78 is 13.3. The number of amides is 1. The van der Waals surface area contributed by atoms with Crippen LogP contribution in [0, 0.1) is 18.7 Å². The highest BCUT2D eigenvalue weighted by Gasteiger charge is 2.30. The Balaban J connectivity index is 1.24. The van der Waals surface area contributed by atoms with Crippen molar-refractivity contribution in [2.75, 3.05) is 31.1 Å². The van der Waals surface area contributed by atoms with Gasteiger partial charge in [0.15, 0.2) is 0 Å². The molecule has 4 rings (SSSR count). The van der Waals surface area contributed by atoms with Crippen LogP contribution in [0.15, 0.2) is 42.6 Å². The zero-order valence-corrected chi connectivity index (χ0v) is 17.0. The van der Waals surface area contributed by atoms with Crippen molar-refractivity contribution in [3.05, 3.63) is 59.5 Å². The van der Waals surface area contributed by atoms with Gasteiger partial charge in [-0.05, 0) is 43.4 Å². The van der Waals surface area contributed by atoms with Crippen LogP contribution in [0.25, 0.3) is 0 Å². The minimum absolute atomic E-state index is 0.0511. The molecule has 2 saturated heterocycles. The summed E-state index contributed by atoms with van der Waals surface area (Å²) in [7, 11) is 0. The summed E-state index contributed by atoms with van der Waals surface area (Å²) in [5.74, 6) is 0.756. The van der Waals surface area contributed by atoms with Gasteiger partial charge < -0.3 is 10.2 Å². The Morgan fingerprint density at radius 3 is 2.66 bits per heavy atom. The first kappa shape index (κ1) is 19.8. The highest BCUT2D eigenvalue weighted by atomic mass is 19.1. The predicted molar refractivity (Wildman–Crippen MR) is 112 cm³/mol. The van der Waals surface area contributed by atoms with Crippen LogP contribution in [0.3, 0.4) is 0 Å². The number of carbonyl (C=O) groups excluding carboxylic acids is 1. The first-order valence-electron chi connectivity index (χ1n) is 10.5. The zero-order chi connectivity index (χ0) is 20.2. The number of rotatable bonds is 5. The lowest BCUT2D eigenvalue weighted by Gasteiger charge is -2.33. The normalized spacial score (nSPS) is 20.8. The van der Waals surface area contributed by atoms with Crippen LogP contribution in [0.1, 0.15) is 30.4 Å². The number of carbonyl (C=O) groups is 1. The molecule has 0 aliphatic carbocycles. The smallest absolute Gasteiger partial charge is 0.223 e. The van der Waals surface area contributed by atoms with E-state index in [9.17, 15) is 9.18 Å². The van der Waals surface area contributed by atoms with Crippen molar-refractivity contribution in [2.45, 2.75) is 38.8 Å². The van der Waals surface area contributed by atoms with E-state index in [1.165, 1.54) is 17.8 Å². The van der Waals surface area contributed by atoms with Gasteiger partial charge in [0.05, 0.1) is 6.20 Å². The number of nitrogens with zero attached hydrogens (tertiary/aromatic N) is 3. The molecule has 0 spiro atoms. The van der Waals surface area contributed by atoms with Gasteiger partial charge >= 0.3 is 0 Å². The summed E-state index contributed by atoms with van der Waals surface area (Å²) in [4.78, 5) is 21.6. The largest absolute Gasteiger partial charge is 0.356 e. The van der Waals surface area contributed by atoms with Gasteiger partial charge in [-0.3, -0.25) is 9.69 Å². The third kappa shape index (κ3) is 4.93. The van der Waals surface area contributed by atoms with Crippen LogP contribution in [-0.2, 0) is 11.3 Å². The number of aromatic nitrogens is 1. The van der Waals surface area contributed by atoms with Gasteiger partial charge in [0.25, 0.3) is 0 Å². The van der Waals surface area contributed by atoms with Gasteiger partial charge in [-0.25, -0.2) is 9.37 Å². The molecule has 0 radical (unpaired) electrons. The first-order chi connectivity index (χ1) is 14.1. The molecule has 1 aromatic heterocycles. The van der Waals surface area contributed by atoms with Crippen LogP contribution >= 0.6 is 0 Å². The maximum absolute atomic E-state index is 13.3. The van der Waals surface area contributed by atoms with Crippen molar-refractivity contribution in [3.63, 3.8) is 0 Å². The summed E-state index contributed by atoms with van der Waals surface area (Å²) in [6, 6.07) is 12.2. The number of nitrogens with one attached hydrogen (secondary N) is 1. The highest BCUT2D eigenvalue weighted by molar-refractivity contribution is 5.79. The highest BCUT2D eigenvalue weighted by Crippen LogP contribution is 2.25. The second-order valence-electron chi connectivity index (χ2n) is 8.27. The molecule has 6 heteroatoms. The topological polar surface area (TPSA) is 48.5 Å². The third-order valence-corrected chi connectivity index (χ3v) is 6.05. The molecule has 5 nitrogen and oxygen atoms in total. The van der Waals surface area contributed by atoms with E-state index in [-0.39, 0.29) is 23.7 Å². The molecular weight excluding hydrogens is 367 g/mol. The number of piperidine rings is 1. The molecule has 2 fully saturated rings. The Bertz CT molecular complexity index is 836. The Hall–Kier alpha value is -2.47. The van der Waals surface area contributed by atoms with Crippen LogP contribution in [0.5, 0.6) is 0 Å². The molecule has 3 heterocycles. The van der Waals surface area contributed by atoms with Crippen molar-refractivity contribution >= 4 is 11.7 Å². The third-order valence-electron chi connectivity index (χ3n) is 6.05. The molecule has 2 aliphatic rings. The van der Waals surface area contributed by atoms with Crippen LogP contribution in [0.4, 0.5) is 10.2 Å². The van der Waals surface area contributed by atoms with Crippen molar-refractivity contribution in [3.8, 4) is 0 Å². The molecule has 1 aromatic carbocycles. The van der Waals surface area contributed by atoms with Crippen molar-refractivity contribution in [1.29, 1.82) is 0 Å². The number of benzene rings is 1. The second kappa shape index (κ2) is 8.91. The lowest BCUT2D eigenvalue weighted by atomic mass is 9.95. The fourth-order valence-electron chi connectivity index (χ4n) is 4.47. The van der Waals surface area contributed by atoms with E-state index in [1.807, 2.05) is 13.0 Å². The van der Waals surface area contributed by atoms with E-state index in [0.29, 0.717) is 0 Å². The molecule has 154 valence electrons. The van der Waals surface area contributed by atoms with Crippen molar-refractivity contribution in [1.82, 2.24) is 15.2 Å². The summed E-state index contributed by atoms with van der Waals surface area (Å²) in [6.07, 6.45) is 3.90. The summed E-state index contributed by atoms with van der Waals surface area (Å²) >= 11 is 0. The van der Waals surface area contributed by atoms with E-state index < -0.39 is 0 Å². The maximum atomic E-state index is 13.3. The minimum Gasteiger partial charge on any atom is -0.356 e. The monoisotopic (exact) mass is 396 g/mol. The van der Waals surface area contributed by atoms with Gasteiger partial charge in [0, 0.05) is 44.7 Å². The summed E-state index contributed by atoms with van der Waals surface area (Å²) in [5, 5.41) is 3.27. The molecule has 1 N–H and O–H groups in total. The molecular formula is C23H29FN4O. The molecule has 1 atom stereocenters. The van der Waals surface area contributed by atoms with Crippen LogP contribution < -0.4 is 10.2 Å². The lowest BCUT2D eigenvalue weighted by Crippen LogP contribution is -2.45. The van der Waals surface area contributed by atoms with Crippen molar-refractivity contribution in [2.24, 2.45) is 5.92 Å². The summed E-state index contributed by atoms with van der Waals surface area (Å²) in [6.45, 7) is 6.32. The Labute approximate surface area is 171 Å². The zero-order valence-electron chi connectivity index (χ0n) is 17.0. The number of pyridine rings is 1. The van der Waals surface area contributed by atoms with Gasteiger partial charge in [-0.1, -0.05) is 30.3 Å². The standard InChI is InChI=1S/C23H29FN4O/c1-17-13-20(24)14-25-22(17)28-11-7-19(8-12-28)23(29)26-21-9-10-27(16-21)15-18-5-3-2-4-6-18/h2-6,13-14,19,21H,7-12,15-16H2,1H3,(H,26,29)/t21-/m1/s1. The average Bonchev–Trinajstić information content (AvgIpc) is 3.15. The number of likely N-dealkylation sites (tertiary alicyclic amines) is 1. The molecule has 0 bridgehead atoms. The fraction of sp³-hybridized carbons (Fsp3) is 0.478. The Morgan fingerprint density at radius 1 is 1.17 bits per heavy atom. The molecule has 0 saturated carbocycles. The molecule has 29 heavy (non-hydrogen) atoms. The van der Waals surface area contributed by atoms with E-state index in [1.54, 1.807) is 0 Å². The second-order valence-corrected chi connectivity index (χ2v) is 8.27. The molecule has 1 amide bonds. The van der Waals surface area contributed by atoms with Gasteiger partial charge in [0.2, 0.25) is 5.91 Å². The minimum atomic E-state index is -0.307. The molecule has 0 unspecified atom stereocenters. The average molecular weight is 397 g/mol. The fourth-order valence-corrected chi connectivity index (χ4v) is 4.47. The van der Waals surface area contributed by atoms with E-state index in [2.05, 4.69) is 44.4 Å². The molecule has 2 aromatic rings. The van der Waals surface area contributed by atoms with E-state index in [0.717, 1.165) is 63.4 Å². The first-order valence-corrected chi connectivity index (χ1v) is 10.5. The van der Waals surface area contributed by atoms with E-state index >= 15 is 0 Å². The summed E-state index contributed by atoms with van der Waals surface area (Å²) in [5.41, 5.74) is 2.16. The SMILES string of the molecule is Cc1cc(F)cnc1N1CCC(C(=O)N[C@@H]2CCN(Cc3ccccc3)C2)CC1. The number of anilines is 1. The van der Waals surface area contributed by atoms with Gasteiger partial charge in [-0.2, -0.15) is 0 Å². The Kier molecular flexibility index (Phi) is 6.09. The van der Waals surface area contributed by atoms with Crippen molar-refractivity contribution < 1.29 is 9.18 Å². The van der Waals surface area contributed by atoms with Crippen LogP contribution in [0.2, 0.25) is 0 Å². The van der Waals surface area contributed by atoms with Gasteiger partial charge in [-0.15, -0.1) is 0 Å². The number of hydrogen-bond donors (Lipinski definition) is 1. The Morgan fingerprint density at radius 2 is 1.93 bits per heavy atom. The number of hydrogen-bond acceptors (Lipinski definition) is 4. The number of halogens is 1. The molecule has 2 aliphatic heterocycles. The van der Waals surface area contributed by atoms with Crippen LogP contribution in [-0.4, -0.2) is 48.0 Å². The predicted octanol–water partition coefficient (Wildman–Crippen LogP) is 3.14. The quantitative estimate of drug-likeness (QED) is 0.844.